The van der Waals surface area contributed by atoms with Crippen molar-refractivity contribution in [2.45, 2.75) is 13.0 Å². The molecule has 3 heterocycles. The first kappa shape index (κ1) is 32.8. The van der Waals surface area contributed by atoms with Crippen molar-refractivity contribution in [3.63, 3.8) is 0 Å². The van der Waals surface area contributed by atoms with E-state index in [-0.39, 0.29) is 19.8 Å². The van der Waals surface area contributed by atoms with Gasteiger partial charge in [0.1, 0.15) is 13.2 Å². The fourth-order valence-corrected chi connectivity index (χ4v) is 11.4. The molecule has 1 amide bonds. The van der Waals surface area contributed by atoms with Gasteiger partial charge in [0.25, 0.3) is 0 Å². The molecule has 0 aliphatic rings. The van der Waals surface area contributed by atoms with Crippen molar-refractivity contribution < 1.29 is 19.1 Å². The van der Waals surface area contributed by atoms with Crippen LogP contribution in [0.2, 0.25) is 0 Å². The second-order valence-corrected chi connectivity index (χ2v) is 16.8. The Bertz CT molecular complexity index is 1680. The molecule has 0 radical (unpaired) electrons. The smallest absolute Gasteiger partial charge is 0.407 e. The fraction of sp³-hybridized carbons (Fsp3) is 0.219. The predicted molar refractivity (Wildman–Crippen MR) is 194 cm³/mol. The summed E-state index contributed by atoms with van der Waals surface area (Å²) in [6, 6.07) is 24.4. The molecule has 0 aliphatic carbocycles. The number of alkyl carbamates (subject to hydrolysis) is 1. The van der Waals surface area contributed by atoms with Crippen LogP contribution in [0, 0.1) is 5.41 Å². The number of fused-ring (bicyclic) bond motifs is 3. The molecule has 3 aromatic carbocycles. The first-order valence-corrected chi connectivity index (χ1v) is 19.5. The topological polar surface area (TPSA) is 103 Å². The quantitative estimate of drug-likeness (QED) is 0.0479. The normalized spacial score (nSPS) is 11.7. The van der Waals surface area contributed by atoms with Crippen LogP contribution in [0.3, 0.4) is 0 Å². The van der Waals surface area contributed by atoms with Crippen LogP contribution in [-0.4, -0.2) is 64.0 Å². The summed E-state index contributed by atoms with van der Waals surface area (Å²) in [5.74, 6) is 1.44. The molecule has 0 aliphatic heterocycles. The SMILES string of the molecule is C=CC(=O)OCCNC(=O)OCC(CSc1nc2ccccc2s1)(CSc1nc2ccccc2s1)CSc1nc2ccccc2s1. The van der Waals surface area contributed by atoms with E-state index in [0.29, 0.717) is 17.3 Å². The number of thiazole rings is 3. The number of benzene rings is 3. The lowest BCUT2D eigenvalue weighted by atomic mass is 9.97. The minimum atomic E-state index is -0.570. The maximum absolute atomic E-state index is 12.8. The number of nitrogens with zero attached hydrogens (tertiary/aromatic N) is 3. The molecule has 0 saturated carbocycles. The van der Waals surface area contributed by atoms with E-state index >= 15 is 0 Å². The van der Waals surface area contributed by atoms with Gasteiger partial charge < -0.3 is 14.8 Å². The lowest BCUT2D eigenvalue weighted by Crippen LogP contribution is -2.39. The first-order valence-electron chi connectivity index (χ1n) is 14.1. The number of ether oxygens (including phenoxy) is 2. The van der Waals surface area contributed by atoms with Crippen molar-refractivity contribution in [2.75, 3.05) is 37.0 Å². The zero-order valence-electron chi connectivity index (χ0n) is 24.4. The number of carbonyl (C=O) groups is 2. The van der Waals surface area contributed by atoms with Gasteiger partial charge in [-0.2, -0.15) is 0 Å². The maximum atomic E-state index is 12.8. The van der Waals surface area contributed by atoms with Gasteiger partial charge in [0.2, 0.25) is 0 Å². The molecule has 0 bridgehead atoms. The zero-order chi connectivity index (χ0) is 31.8. The maximum Gasteiger partial charge on any atom is 0.407 e. The molecule has 0 fully saturated rings. The number of hydrogen-bond donors (Lipinski definition) is 1. The third-order valence-electron chi connectivity index (χ3n) is 6.62. The van der Waals surface area contributed by atoms with Crippen LogP contribution in [0.15, 0.2) is 98.5 Å². The minimum absolute atomic E-state index is 0.0273. The molecule has 6 aromatic rings. The Labute approximate surface area is 290 Å². The minimum Gasteiger partial charge on any atom is -0.461 e. The van der Waals surface area contributed by atoms with E-state index in [1.807, 2.05) is 54.6 Å². The van der Waals surface area contributed by atoms with Gasteiger partial charge in [-0.15, -0.1) is 34.0 Å². The number of hydrogen-bond acceptors (Lipinski definition) is 13. The molecular formula is C32H28N4O4S6. The Morgan fingerprint density at radius 1 is 0.717 bits per heavy atom. The van der Waals surface area contributed by atoms with Crippen LogP contribution in [-0.2, 0) is 14.3 Å². The van der Waals surface area contributed by atoms with Gasteiger partial charge in [0.05, 0.1) is 37.2 Å². The molecule has 0 atom stereocenters. The highest BCUT2D eigenvalue weighted by molar-refractivity contribution is 8.03. The van der Waals surface area contributed by atoms with Crippen molar-refractivity contribution in [1.29, 1.82) is 0 Å². The molecule has 1 N–H and O–H groups in total. The molecule has 46 heavy (non-hydrogen) atoms. The van der Waals surface area contributed by atoms with Crippen molar-refractivity contribution in [3.05, 3.63) is 85.5 Å². The van der Waals surface area contributed by atoms with Crippen molar-refractivity contribution >= 4 is 112 Å². The molecule has 6 rings (SSSR count). The highest BCUT2D eigenvalue weighted by atomic mass is 32.2. The van der Waals surface area contributed by atoms with E-state index in [4.69, 9.17) is 24.4 Å². The Morgan fingerprint density at radius 2 is 1.15 bits per heavy atom. The molecule has 14 heteroatoms. The van der Waals surface area contributed by atoms with E-state index < -0.39 is 17.5 Å². The molecule has 0 spiro atoms. The largest absolute Gasteiger partial charge is 0.461 e. The van der Waals surface area contributed by atoms with Gasteiger partial charge in [0.15, 0.2) is 13.0 Å². The average molecular weight is 725 g/mol. The van der Waals surface area contributed by atoms with Crippen molar-refractivity contribution in [3.8, 4) is 0 Å². The molecule has 0 saturated heterocycles. The Kier molecular flexibility index (Phi) is 11.1. The van der Waals surface area contributed by atoms with E-state index in [2.05, 4.69) is 30.1 Å². The fourth-order valence-electron chi connectivity index (χ4n) is 4.27. The summed E-state index contributed by atoms with van der Waals surface area (Å²) in [5.41, 5.74) is 2.45. The highest BCUT2D eigenvalue weighted by Gasteiger charge is 2.34. The molecule has 8 nitrogen and oxygen atoms in total. The number of rotatable bonds is 15. The summed E-state index contributed by atoms with van der Waals surface area (Å²) in [6.45, 7) is 3.71. The standard InChI is InChI=1S/C32H28N4O4S6/c1-2-27(37)39-16-15-33-28(38)40-17-32(18-41-29-34-21-9-3-6-12-24(21)44-29,19-42-30-35-22-10-4-7-13-25(22)45-30)20-43-31-36-23-11-5-8-14-26(23)46-31/h2-14H,1,15-20H2,(H,33,38). The van der Waals surface area contributed by atoms with Crippen LogP contribution in [0.4, 0.5) is 4.79 Å². The Hall–Kier alpha value is -3.14. The predicted octanol–water partition coefficient (Wildman–Crippen LogP) is 8.63. The summed E-state index contributed by atoms with van der Waals surface area (Å²) in [5, 5.41) is 2.69. The number of para-hydroxylation sites is 3. The Morgan fingerprint density at radius 3 is 1.57 bits per heavy atom. The lowest BCUT2D eigenvalue weighted by Gasteiger charge is -2.31. The summed E-state index contributed by atoms with van der Waals surface area (Å²) in [4.78, 5) is 38.7. The zero-order valence-corrected chi connectivity index (χ0v) is 29.3. The van der Waals surface area contributed by atoms with Crippen LogP contribution in [0.25, 0.3) is 30.6 Å². The molecule has 0 unspecified atom stereocenters. The van der Waals surface area contributed by atoms with Crippen molar-refractivity contribution in [2.24, 2.45) is 5.41 Å². The summed E-state index contributed by atoms with van der Waals surface area (Å²) < 4.78 is 17.2. The summed E-state index contributed by atoms with van der Waals surface area (Å²) >= 11 is 10.0. The molecule has 236 valence electrons. The lowest BCUT2D eigenvalue weighted by molar-refractivity contribution is -0.137. The number of esters is 1. The van der Waals surface area contributed by atoms with Crippen LogP contribution >= 0.6 is 69.3 Å². The monoisotopic (exact) mass is 724 g/mol. The van der Waals surface area contributed by atoms with Crippen molar-refractivity contribution in [1.82, 2.24) is 20.3 Å². The molecular weight excluding hydrogens is 697 g/mol. The summed E-state index contributed by atoms with van der Waals surface area (Å²) in [7, 11) is 0. The van der Waals surface area contributed by atoms with E-state index in [0.717, 1.165) is 49.7 Å². The second-order valence-electron chi connectivity index (χ2n) is 10.1. The van der Waals surface area contributed by atoms with E-state index in [9.17, 15) is 9.59 Å². The van der Waals surface area contributed by atoms with Crippen LogP contribution in [0.1, 0.15) is 0 Å². The summed E-state index contributed by atoms with van der Waals surface area (Å²) in [6.07, 6.45) is 0.515. The molecule has 3 aromatic heterocycles. The van der Waals surface area contributed by atoms with Gasteiger partial charge in [-0.05, 0) is 36.4 Å². The number of nitrogens with one attached hydrogen (secondary N) is 1. The third-order valence-corrected chi connectivity index (χ3v) is 14.2. The first-order chi connectivity index (χ1) is 22.5. The van der Waals surface area contributed by atoms with Gasteiger partial charge in [-0.1, -0.05) is 78.3 Å². The Balaban J connectivity index is 1.23. The van der Waals surface area contributed by atoms with Gasteiger partial charge >= 0.3 is 12.1 Å². The number of aromatic nitrogens is 3. The second kappa shape index (κ2) is 15.6. The number of thioether (sulfide) groups is 3. The third kappa shape index (κ3) is 8.60. The van der Waals surface area contributed by atoms with Gasteiger partial charge in [0, 0.05) is 28.7 Å². The van der Waals surface area contributed by atoms with Gasteiger partial charge in [-0.25, -0.2) is 24.5 Å². The average Bonchev–Trinajstić information content (AvgIpc) is 3.81. The highest BCUT2D eigenvalue weighted by Crippen LogP contribution is 2.42. The van der Waals surface area contributed by atoms with E-state index in [1.165, 1.54) is 0 Å². The van der Waals surface area contributed by atoms with Gasteiger partial charge in [-0.3, -0.25) is 0 Å². The van der Waals surface area contributed by atoms with Crippen LogP contribution < -0.4 is 5.32 Å². The number of carbonyl (C=O) groups excluding carboxylic acids is 2. The van der Waals surface area contributed by atoms with Crippen LogP contribution in [0.5, 0.6) is 0 Å². The van der Waals surface area contributed by atoms with E-state index in [1.54, 1.807) is 69.3 Å². The number of amides is 1.